The molecule has 174 valence electrons. The maximum Gasteiger partial charge on any atom is 0.254 e. The molecule has 32 heavy (non-hydrogen) atoms. The van der Waals surface area contributed by atoms with Crippen molar-refractivity contribution in [2.45, 2.75) is 76.5 Å². The highest BCUT2D eigenvalue weighted by Crippen LogP contribution is 2.41. The van der Waals surface area contributed by atoms with E-state index in [0.29, 0.717) is 24.0 Å². The zero-order valence-electron chi connectivity index (χ0n) is 19.4. The summed E-state index contributed by atoms with van der Waals surface area (Å²) in [5, 5.41) is 9.97. The fourth-order valence-corrected chi connectivity index (χ4v) is 6.43. The minimum atomic E-state index is -3.89. The Hall–Kier alpha value is -2.29. The molecular weight excluding hydrogens is 426 g/mol. The number of amides is 1. The summed E-state index contributed by atoms with van der Waals surface area (Å²) in [6.07, 6.45) is 4.17. The Balaban J connectivity index is 2.09. The van der Waals surface area contributed by atoms with Crippen molar-refractivity contribution in [1.82, 2.24) is 14.2 Å². The summed E-state index contributed by atoms with van der Waals surface area (Å²) >= 11 is 0. The standard InChI is InChI=1S/C24H33N3O4S/c1-16(2)26(17(3)4)24(29)21-12-13-25-14-22(21)23-11-8-19(15-28)27(23)32(30,31)20-9-6-18(5)7-10-20/h6-7,9-10,12-14,16-17,19,23,28H,8,11,15H2,1-5H3/t19-,23+/m0/s1. The maximum atomic E-state index is 13.6. The Morgan fingerprint density at radius 3 is 2.31 bits per heavy atom. The molecule has 0 spiro atoms. The molecule has 1 aromatic heterocycles. The highest BCUT2D eigenvalue weighted by Gasteiger charge is 2.44. The SMILES string of the molecule is Cc1ccc(S(=O)(=O)N2[C@H](CO)CC[C@@H]2c2cnccc2C(=O)N(C(C)C)C(C)C)cc1. The van der Waals surface area contributed by atoms with Crippen molar-refractivity contribution in [3.05, 3.63) is 59.4 Å². The Kier molecular flexibility index (Phi) is 7.37. The minimum Gasteiger partial charge on any atom is -0.395 e. The van der Waals surface area contributed by atoms with Crippen molar-refractivity contribution in [2.24, 2.45) is 0 Å². The number of rotatable bonds is 7. The van der Waals surface area contributed by atoms with Crippen LogP contribution in [-0.4, -0.2) is 58.4 Å². The number of aliphatic hydroxyl groups is 1. The molecule has 1 aliphatic heterocycles. The molecule has 1 N–H and O–H groups in total. The normalized spacial score (nSPS) is 19.6. The van der Waals surface area contributed by atoms with Gasteiger partial charge < -0.3 is 10.0 Å². The number of hydrogen-bond donors (Lipinski definition) is 1. The second-order valence-electron chi connectivity index (χ2n) is 8.94. The van der Waals surface area contributed by atoms with Crippen molar-refractivity contribution in [3.8, 4) is 0 Å². The summed E-state index contributed by atoms with van der Waals surface area (Å²) in [7, 11) is -3.89. The molecule has 0 unspecified atom stereocenters. The molecule has 1 aliphatic rings. The van der Waals surface area contributed by atoms with Gasteiger partial charge in [-0.2, -0.15) is 4.31 Å². The van der Waals surface area contributed by atoms with Gasteiger partial charge in [-0.05, 0) is 65.7 Å². The number of nitrogens with zero attached hydrogens (tertiary/aromatic N) is 3. The fourth-order valence-electron chi connectivity index (χ4n) is 4.59. The summed E-state index contributed by atoms with van der Waals surface area (Å²) in [5.41, 5.74) is 1.99. The third-order valence-electron chi connectivity index (χ3n) is 6.04. The van der Waals surface area contributed by atoms with Crippen molar-refractivity contribution >= 4 is 15.9 Å². The number of pyridine rings is 1. The van der Waals surface area contributed by atoms with Gasteiger partial charge in [-0.3, -0.25) is 9.78 Å². The molecule has 2 heterocycles. The Bertz CT molecular complexity index is 1040. The van der Waals surface area contributed by atoms with Crippen molar-refractivity contribution in [2.75, 3.05) is 6.61 Å². The van der Waals surface area contributed by atoms with Gasteiger partial charge in [0.2, 0.25) is 10.0 Å². The minimum absolute atomic E-state index is 0.00956. The zero-order valence-corrected chi connectivity index (χ0v) is 20.2. The van der Waals surface area contributed by atoms with Gasteiger partial charge in [0.1, 0.15) is 0 Å². The van der Waals surface area contributed by atoms with E-state index in [2.05, 4.69) is 4.98 Å². The molecule has 2 atom stereocenters. The van der Waals surface area contributed by atoms with Crippen LogP contribution in [0.25, 0.3) is 0 Å². The van der Waals surface area contributed by atoms with Gasteiger partial charge in [0, 0.05) is 41.6 Å². The van der Waals surface area contributed by atoms with Crippen LogP contribution in [0.4, 0.5) is 0 Å². The lowest BCUT2D eigenvalue weighted by molar-refractivity contribution is 0.0640. The average Bonchev–Trinajstić information content (AvgIpc) is 3.18. The summed E-state index contributed by atoms with van der Waals surface area (Å²) in [5.74, 6) is -0.146. The van der Waals surface area contributed by atoms with E-state index in [9.17, 15) is 18.3 Å². The highest BCUT2D eigenvalue weighted by molar-refractivity contribution is 7.89. The van der Waals surface area contributed by atoms with Crippen LogP contribution in [0.3, 0.4) is 0 Å². The smallest absolute Gasteiger partial charge is 0.254 e. The first-order chi connectivity index (χ1) is 15.1. The third kappa shape index (κ3) is 4.58. The van der Waals surface area contributed by atoms with E-state index >= 15 is 0 Å². The number of aryl methyl sites for hydroxylation is 1. The van der Waals surface area contributed by atoms with Gasteiger partial charge in [-0.1, -0.05) is 17.7 Å². The van der Waals surface area contributed by atoms with Crippen molar-refractivity contribution < 1.29 is 18.3 Å². The molecule has 0 radical (unpaired) electrons. The van der Waals surface area contributed by atoms with E-state index in [1.54, 1.807) is 47.6 Å². The summed E-state index contributed by atoms with van der Waals surface area (Å²) < 4.78 is 28.6. The Morgan fingerprint density at radius 1 is 1.12 bits per heavy atom. The van der Waals surface area contributed by atoms with Gasteiger partial charge in [-0.15, -0.1) is 0 Å². The number of aromatic nitrogens is 1. The molecule has 0 saturated carbocycles. The van der Waals surface area contributed by atoms with Crippen LogP contribution in [0.5, 0.6) is 0 Å². The summed E-state index contributed by atoms with van der Waals surface area (Å²) in [4.78, 5) is 19.7. The number of aliphatic hydroxyl groups excluding tert-OH is 1. The molecule has 3 rings (SSSR count). The van der Waals surface area contributed by atoms with Gasteiger partial charge in [0.25, 0.3) is 5.91 Å². The Morgan fingerprint density at radius 2 is 1.75 bits per heavy atom. The van der Waals surface area contributed by atoms with Crippen LogP contribution < -0.4 is 0 Å². The second kappa shape index (κ2) is 9.68. The van der Waals surface area contributed by atoms with Crippen LogP contribution >= 0.6 is 0 Å². The van der Waals surface area contributed by atoms with E-state index in [-0.39, 0.29) is 29.5 Å². The second-order valence-corrected chi connectivity index (χ2v) is 10.8. The number of sulfonamides is 1. The highest BCUT2D eigenvalue weighted by atomic mass is 32.2. The molecule has 0 bridgehead atoms. The molecule has 0 aliphatic carbocycles. The largest absolute Gasteiger partial charge is 0.395 e. The molecule has 1 amide bonds. The number of carbonyl (C=O) groups excluding carboxylic acids is 1. The molecule has 1 saturated heterocycles. The topological polar surface area (TPSA) is 90.8 Å². The summed E-state index contributed by atoms with van der Waals surface area (Å²) in [6, 6.07) is 7.20. The first-order valence-electron chi connectivity index (χ1n) is 11.1. The lowest BCUT2D eigenvalue weighted by Gasteiger charge is -2.33. The van der Waals surface area contributed by atoms with E-state index in [0.717, 1.165) is 5.56 Å². The predicted molar refractivity (Wildman–Crippen MR) is 124 cm³/mol. The molecule has 7 nitrogen and oxygen atoms in total. The van der Waals surface area contributed by atoms with Crippen molar-refractivity contribution in [3.63, 3.8) is 0 Å². The molecular formula is C24H33N3O4S. The monoisotopic (exact) mass is 459 g/mol. The van der Waals surface area contributed by atoms with Crippen LogP contribution in [0.15, 0.2) is 47.6 Å². The first-order valence-corrected chi connectivity index (χ1v) is 12.5. The number of hydrogen-bond acceptors (Lipinski definition) is 5. The third-order valence-corrected chi connectivity index (χ3v) is 8.01. The maximum absolute atomic E-state index is 13.6. The van der Waals surface area contributed by atoms with Crippen molar-refractivity contribution in [1.29, 1.82) is 0 Å². The molecule has 8 heteroatoms. The number of carbonyl (C=O) groups is 1. The van der Waals surface area contributed by atoms with E-state index < -0.39 is 22.1 Å². The molecule has 1 fully saturated rings. The number of benzene rings is 1. The quantitative estimate of drug-likeness (QED) is 0.684. The Labute approximate surface area is 191 Å². The van der Waals surface area contributed by atoms with E-state index in [1.165, 1.54) is 4.31 Å². The average molecular weight is 460 g/mol. The fraction of sp³-hybridized carbons (Fsp3) is 0.500. The van der Waals surface area contributed by atoms with Crippen LogP contribution in [0.1, 0.15) is 68.1 Å². The summed E-state index contributed by atoms with van der Waals surface area (Å²) in [6.45, 7) is 9.46. The molecule has 1 aromatic carbocycles. The molecule has 2 aromatic rings. The lowest BCUT2D eigenvalue weighted by atomic mass is 9.99. The zero-order chi connectivity index (χ0) is 23.6. The van der Waals surface area contributed by atoms with Gasteiger partial charge in [0.15, 0.2) is 0 Å². The van der Waals surface area contributed by atoms with Gasteiger partial charge in [-0.25, -0.2) is 8.42 Å². The van der Waals surface area contributed by atoms with E-state index in [1.807, 2.05) is 34.6 Å². The van der Waals surface area contributed by atoms with E-state index in [4.69, 9.17) is 0 Å². The van der Waals surface area contributed by atoms with Crippen LogP contribution in [-0.2, 0) is 10.0 Å². The van der Waals surface area contributed by atoms with Crippen LogP contribution in [0.2, 0.25) is 0 Å². The first kappa shape index (κ1) is 24.4. The van der Waals surface area contributed by atoms with Gasteiger partial charge in [0.05, 0.1) is 17.5 Å². The van der Waals surface area contributed by atoms with Crippen LogP contribution in [0, 0.1) is 6.92 Å². The van der Waals surface area contributed by atoms with Gasteiger partial charge >= 0.3 is 0 Å². The predicted octanol–water partition coefficient (Wildman–Crippen LogP) is 3.54. The lowest BCUT2D eigenvalue weighted by Crippen LogP contribution is -2.43.